The molecule has 2 atom stereocenters. The third-order valence-corrected chi connectivity index (χ3v) is 3.19. The van der Waals surface area contributed by atoms with Gasteiger partial charge in [-0.15, -0.1) is 0 Å². The Morgan fingerprint density at radius 3 is 2.88 bits per heavy atom. The van der Waals surface area contributed by atoms with E-state index >= 15 is 0 Å². The molecule has 0 radical (unpaired) electrons. The van der Waals surface area contributed by atoms with E-state index in [1.54, 1.807) is 12.1 Å². The smallest absolute Gasteiger partial charge is 0.115 e. The first-order valence-corrected chi connectivity index (χ1v) is 5.91. The second kappa shape index (κ2) is 5.32. The molecule has 1 aromatic rings. The van der Waals surface area contributed by atoms with Crippen molar-refractivity contribution in [2.75, 3.05) is 6.54 Å². The molecule has 3 nitrogen and oxygen atoms in total. The summed E-state index contributed by atoms with van der Waals surface area (Å²) in [5.74, 6) is 0.919. The van der Waals surface area contributed by atoms with Crippen LogP contribution in [0.3, 0.4) is 0 Å². The standard InChI is InChI=1S/C13H19NO2/c15-12-3-1-2-10(6-12)8-14-9-11-4-5-13(16)7-11/h1-3,6,11,13-16H,4-5,7-9H2. The highest BCUT2D eigenvalue weighted by Gasteiger charge is 2.21. The highest BCUT2D eigenvalue weighted by Crippen LogP contribution is 2.24. The van der Waals surface area contributed by atoms with Gasteiger partial charge in [0.25, 0.3) is 0 Å². The van der Waals surface area contributed by atoms with Gasteiger partial charge >= 0.3 is 0 Å². The second-order valence-corrected chi connectivity index (χ2v) is 4.63. The van der Waals surface area contributed by atoms with Gasteiger partial charge in [-0.3, -0.25) is 0 Å². The van der Waals surface area contributed by atoms with Crippen molar-refractivity contribution in [3.63, 3.8) is 0 Å². The number of aliphatic hydroxyl groups excluding tert-OH is 1. The van der Waals surface area contributed by atoms with Crippen LogP contribution in [0.4, 0.5) is 0 Å². The first-order chi connectivity index (χ1) is 7.74. The maximum Gasteiger partial charge on any atom is 0.115 e. The van der Waals surface area contributed by atoms with Crippen molar-refractivity contribution in [3.8, 4) is 5.75 Å². The fourth-order valence-electron chi connectivity index (χ4n) is 2.32. The maximum absolute atomic E-state index is 9.39. The summed E-state index contributed by atoms with van der Waals surface area (Å²) >= 11 is 0. The minimum Gasteiger partial charge on any atom is -0.508 e. The number of hydrogen-bond donors (Lipinski definition) is 3. The Morgan fingerprint density at radius 1 is 1.31 bits per heavy atom. The van der Waals surface area contributed by atoms with Crippen LogP contribution in [-0.4, -0.2) is 22.9 Å². The third kappa shape index (κ3) is 3.22. The van der Waals surface area contributed by atoms with Crippen LogP contribution in [-0.2, 0) is 6.54 Å². The fraction of sp³-hybridized carbons (Fsp3) is 0.538. The molecule has 0 aliphatic heterocycles. The van der Waals surface area contributed by atoms with Crippen molar-refractivity contribution in [2.45, 2.75) is 31.9 Å². The fourth-order valence-corrected chi connectivity index (χ4v) is 2.32. The SMILES string of the molecule is Oc1cccc(CNCC2CCC(O)C2)c1. The molecule has 0 saturated heterocycles. The zero-order valence-electron chi connectivity index (χ0n) is 9.39. The summed E-state index contributed by atoms with van der Waals surface area (Å²) in [6, 6.07) is 7.30. The van der Waals surface area contributed by atoms with Gasteiger partial charge in [-0.2, -0.15) is 0 Å². The van der Waals surface area contributed by atoms with E-state index in [-0.39, 0.29) is 6.10 Å². The van der Waals surface area contributed by atoms with E-state index in [4.69, 9.17) is 0 Å². The lowest BCUT2D eigenvalue weighted by molar-refractivity contribution is 0.177. The van der Waals surface area contributed by atoms with Crippen LogP contribution in [0.5, 0.6) is 5.75 Å². The number of aliphatic hydroxyl groups is 1. The number of benzene rings is 1. The summed E-state index contributed by atoms with van der Waals surface area (Å²) in [6.07, 6.45) is 2.90. The monoisotopic (exact) mass is 221 g/mol. The normalized spacial score (nSPS) is 24.8. The molecule has 1 saturated carbocycles. The number of hydrogen-bond acceptors (Lipinski definition) is 3. The number of phenolic OH excluding ortho intramolecular Hbond substituents is 1. The van der Waals surface area contributed by atoms with E-state index in [1.807, 2.05) is 12.1 Å². The topological polar surface area (TPSA) is 52.5 Å². The van der Waals surface area contributed by atoms with Gasteiger partial charge in [-0.1, -0.05) is 12.1 Å². The Morgan fingerprint density at radius 2 is 2.19 bits per heavy atom. The molecule has 0 amide bonds. The molecule has 0 spiro atoms. The summed E-state index contributed by atoms with van der Waals surface area (Å²) in [4.78, 5) is 0. The maximum atomic E-state index is 9.39. The van der Waals surface area contributed by atoms with Gasteiger partial charge in [0.05, 0.1) is 6.10 Å². The van der Waals surface area contributed by atoms with E-state index in [0.29, 0.717) is 11.7 Å². The van der Waals surface area contributed by atoms with Crippen LogP contribution in [0, 0.1) is 5.92 Å². The van der Waals surface area contributed by atoms with Gasteiger partial charge in [-0.25, -0.2) is 0 Å². The van der Waals surface area contributed by atoms with Crippen LogP contribution in [0.25, 0.3) is 0 Å². The summed E-state index contributed by atoms with van der Waals surface area (Å²) in [6.45, 7) is 1.73. The van der Waals surface area contributed by atoms with Gasteiger partial charge in [0, 0.05) is 6.54 Å². The third-order valence-electron chi connectivity index (χ3n) is 3.19. The number of aromatic hydroxyl groups is 1. The summed E-state index contributed by atoms with van der Waals surface area (Å²) in [5, 5.41) is 22.1. The molecule has 1 fully saturated rings. The van der Waals surface area contributed by atoms with Crippen molar-refractivity contribution in [1.82, 2.24) is 5.32 Å². The van der Waals surface area contributed by atoms with Gasteiger partial charge in [-0.05, 0) is 49.4 Å². The molecule has 1 aliphatic rings. The minimum absolute atomic E-state index is 0.0902. The van der Waals surface area contributed by atoms with E-state index in [2.05, 4.69) is 5.32 Å². The summed E-state index contributed by atoms with van der Waals surface area (Å²) < 4.78 is 0. The molecular formula is C13H19NO2. The van der Waals surface area contributed by atoms with E-state index < -0.39 is 0 Å². The average Bonchev–Trinajstić information content (AvgIpc) is 2.64. The van der Waals surface area contributed by atoms with Crippen LogP contribution < -0.4 is 5.32 Å². The Kier molecular flexibility index (Phi) is 3.80. The molecular weight excluding hydrogens is 202 g/mol. The highest BCUT2D eigenvalue weighted by molar-refractivity contribution is 5.26. The van der Waals surface area contributed by atoms with Crippen molar-refractivity contribution >= 4 is 0 Å². The second-order valence-electron chi connectivity index (χ2n) is 4.63. The van der Waals surface area contributed by atoms with E-state index in [0.717, 1.165) is 37.9 Å². The Hall–Kier alpha value is -1.06. The van der Waals surface area contributed by atoms with Crippen LogP contribution in [0.2, 0.25) is 0 Å². The molecule has 0 heterocycles. The van der Waals surface area contributed by atoms with Crippen molar-refractivity contribution in [3.05, 3.63) is 29.8 Å². The average molecular weight is 221 g/mol. The first kappa shape index (κ1) is 11.4. The molecule has 88 valence electrons. The lowest BCUT2D eigenvalue weighted by atomic mass is 10.1. The van der Waals surface area contributed by atoms with Gasteiger partial charge in [0.2, 0.25) is 0 Å². The van der Waals surface area contributed by atoms with Crippen molar-refractivity contribution in [1.29, 1.82) is 0 Å². The largest absolute Gasteiger partial charge is 0.508 e. The van der Waals surface area contributed by atoms with Crippen LogP contribution >= 0.6 is 0 Å². The quantitative estimate of drug-likeness (QED) is 0.724. The Bertz CT molecular complexity index is 340. The van der Waals surface area contributed by atoms with Gasteiger partial charge in [0.15, 0.2) is 0 Å². The molecule has 0 aromatic heterocycles. The summed E-state index contributed by atoms with van der Waals surface area (Å²) in [5.41, 5.74) is 1.10. The lowest BCUT2D eigenvalue weighted by Crippen LogP contribution is -2.21. The predicted molar refractivity (Wildman–Crippen MR) is 63.2 cm³/mol. The lowest BCUT2D eigenvalue weighted by Gasteiger charge is -2.10. The Labute approximate surface area is 96.1 Å². The molecule has 16 heavy (non-hydrogen) atoms. The summed E-state index contributed by atoms with van der Waals surface area (Å²) in [7, 11) is 0. The minimum atomic E-state index is -0.0902. The number of phenols is 1. The molecule has 3 heteroatoms. The molecule has 0 bridgehead atoms. The Balaban J connectivity index is 1.72. The van der Waals surface area contributed by atoms with E-state index in [9.17, 15) is 10.2 Å². The molecule has 2 unspecified atom stereocenters. The van der Waals surface area contributed by atoms with Crippen molar-refractivity contribution in [2.24, 2.45) is 5.92 Å². The van der Waals surface area contributed by atoms with Gasteiger partial charge in [0.1, 0.15) is 5.75 Å². The molecule has 3 N–H and O–H groups in total. The molecule has 2 rings (SSSR count). The van der Waals surface area contributed by atoms with Crippen molar-refractivity contribution < 1.29 is 10.2 Å². The number of rotatable bonds is 4. The zero-order valence-corrected chi connectivity index (χ0v) is 9.39. The first-order valence-electron chi connectivity index (χ1n) is 5.91. The zero-order chi connectivity index (χ0) is 11.4. The predicted octanol–water partition coefficient (Wildman–Crippen LogP) is 1.64. The molecule has 1 aliphatic carbocycles. The number of nitrogens with one attached hydrogen (secondary N) is 1. The highest BCUT2D eigenvalue weighted by atomic mass is 16.3. The van der Waals surface area contributed by atoms with Crippen LogP contribution in [0.1, 0.15) is 24.8 Å². The molecule has 1 aromatic carbocycles. The van der Waals surface area contributed by atoms with Gasteiger partial charge < -0.3 is 15.5 Å². The van der Waals surface area contributed by atoms with E-state index in [1.165, 1.54) is 0 Å². The van der Waals surface area contributed by atoms with Crippen LogP contribution in [0.15, 0.2) is 24.3 Å².